The smallest absolute Gasteiger partial charge is 0.334 e. The van der Waals surface area contributed by atoms with E-state index < -0.39 is 36.0 Å². The molecule has 0 radical (unpaired) electrons. The molecule has 3 N–H and O–H groups in total. The quantitative estimate of drug-likeness (QED) is 0.631. The van der Waals surface area contributed by atoms with Gasteiger partial charge in [-0.2, -0.15) is 0 Å². The standard InChI is InChI=1S/C14H16N2O5/c1-21-13(20)14(8-17)7-10(12(19)16-14)15-11(18)9-5-3-2-4-6-9/h2-6,10,17H,7-8H2,1H3,(H,15,18)(H,16,19)/t10-,14-/m0/s1. The summed E-state index contributed by atoms with van der Waals surface area (Å²) in [5.41, 5.74) is -1.09. The molecule has 21 heavy (non-hydrogen) atoms. The first-order chi connectivity index (χ1) is 10.0. The highest BCUT2D eigenvalue weighted by atomic mass is 16.5. The molecule has 0 saturated carbocycles. The van der Waals surface area contributed by atoms with Gasteiger partial charge in [-0.25, -0.2) is 4.79 Å². The van der Waals surface area contributed by atoms with E-state index in [1.165, 1.54) is 7.11 Å². The molecule has 1 fully saturated rings. The number of hydrogen-bond acceptors (Lipinski definition) is 5. The molecule has 112 valence electrons. The van der Waals surface area contributed by atoms with Gasteiger partial charge >= 0.3 is 5.97 Å². The third-order valence-corrected chi connectivity index (χ3v) is 3.42. The van der Waals surface area contributed by atoms with Crippen LogP contribution in [0.25, 0.3) is 0 Å². The highest BCUT2D eigenvalue weighted by Gasteiger charge is 2.50. The van der Waals surface area contributed by atoms with Crippen molar-refractivity contribution in [3.63, 3.8) is 0 Å². The van der Waals surface area contributed by atoms with Crippen LogP contribution in [-0.4, -0.2) is 48.2 Å². The Labute approximate surface area is 121 Å². The Bertz CT molecular complexity index is 560. The Morgan fingerprint density at radius 1 is 1.43 bits per heavy atom. The third kappa shape index (κ3) is 2.87. The molecule has 1 aromatic rings. The van der Waals surface area contributed by atoms with Gasteiger partial charge in [-0.1, -0.05) is 18.2 Å². The molecule has 1 aliphatic heterocycles. The lowest BCUT2D eigenvalue weighted by Crippen LogP contribution is -2.52. The fourth-order valence-electron chi connectivity index (χ4n) is 2.26. The summed E-state index contributed by atoms with van der Waals surface area (Å²) in [7, 11) is 1.17. The van der Waals surface area contributed by atoms with Crippen LogP contribution in [0.1, 0.15) is 16.8 Å². The number of carbonyl (C=O) groups excluding carboxylic acids is 3. The average Bonchev–Trinajstić information content (AvgIpc) is 2.84. The van der Waals surface area contributed by atoms with Gasteiger partial charge in [0.25, 0.3) is 5.91 Å². The Balaban J connectivity index is 2.10. The van der Waals surface area contributed by atoms with E-state index in [0.29, 0.717) is 5.56 Å². The highest BCUT2D eigenvalue weighted by Crippen LogP contribution is 2.22. The van der Waals surface area contributed by atoms with Crippen LogP contribution in [0, 0.1) is 0 Å². The summed E-state index contributed by atoms with van der Waals surface area (Å²) < 4.78 is 4.59. The van der Waals surface area contributed by atoms with Crippen molar-refractivity contribution in [2.75, 3.05) is 13.7 Å². The van der Waals surface area contributed by atoms with Crippen molar-refractivity contribution in [1.29, 1.82) is 0 Å². The highest BCUT2D eigenvalue weighted by molar-refractivity contribution is 6.00. The van der Waals surface area contributed by atoms with Gasteiger partial charge in [0.2, 0.25) is 5.91 Å². The minimum Gasteiger partial charge on any atom is -0.467 e. The largest absolute Gasteiger partial charge is 0.467 e. The third-order valence-electron chi connectivity index (χ3n) is 3.42. The fraction of sp³-hybridized carbons (Fsp3) is 0.357. The lowest BCUT2D eigenvalue weighted by atomic mass is 9.97. The Morgan fingerprint density at radius 2 is 2.10 bits per heavy atom. The minimum absolute atomic E-state index is 0.0619. The zero-order chi connectivity index (χ0) is 15.5. The van der Waals surface area contributed by atoms with Crippen molar-refractivity contribution >= 4 is 17.8 Å². The van der Waals surface area contributed by atoms with Crippen LogP contribution in [0.4, 0.5) is 0 Å². The number of methoxy groups -OCH3 is 1. The second-order valence-corrected chi connectivity index (χ2v) is 4.82. The van der Waals surface area contributed by atoms with Crippen molar-refractivity contribution in [2.24, 2.45) is 0 Å². The van der Waals surface area contributed by atoms with E-state index in [1.54, 1.807) is 30.3 Å². The number of aliphatic hydroxyl groups is 1. The van der Waals surface area contributed by atoms with Crippen LogP contribution in [-0.2, 0) is 14.3 Å². The maximum atomic E-state index is 12.0. The Hall–Kier alpha value is -2.41. The van der Waals surface area contributed by atoms with Crippen LogP contribution in [0.15, 0.2) is 30.3 Å². The number of amides is 2. The summed E-state index contributed by atoms with van der Waals surface area (Å²) >= 11 is 0. The second kappa shape index (κ2) is 5.92. The maximum Gasteiger partial charge on any atom is 0.334 e. The molecule has 2 amide bonds. The molecule has 7 nitrogen and oxygen atoms in total. The van der Waals surface area contributed by atoms with Gasteiger partial charge < -0.3 is 20.5 Å². The van der Waals surface area contributed by atoms with E-state index in [0.717, 1.165) is 0 Å². The zero-order valence-corrected chi connectivity index (χ0v) is 11.5. The van der Waals surface area contributed by atoms with Crippen LogP contribution in [0.5, 0.6) is 0 Å². The fourth-order valence-corrected chi connectivity index (χ4v) is 2.26. The van der Waals surface area contributed by atoms with Crippen molar-refractivity contribution in [2.45, 2.75) is 18.0 Å². The maximum absolute atomic E-state index is 12.0. The molecule has 7 heteroatoms. The molecule has 0 unspecified atom stereocenters. The molecule has 2 rings (SSSR count). The molecule has 1 aromatic carbocycles. The van der Waals surface area contributed by atoms with Gasteiger partial charge in [0.1, 0.15) is 6.04 Å². The van der Waals surface area contributed by atoms with Crippen molar-refractivity contribution in [1.82, 2.24) is 10.6 Å². The molecule has 0 aromatic heterocycles. The molecular weight excluding hydrogens is 276 g/mol. The topological polar surface area (TPSA) is 105 Å². The van der Waals surface area contributed by atoms with E-state index in [9.17, 15) is 19.5 Å². The minimum atomic E-state index is -1.50. The van der Waals surface area contributed by atoms with E-state index in [4.69, 9.17) is 0 Å². The number of carbonyl (C=O) groups is 3. The van der Waals surface area contributed by atoms with Crippen LogP contribution < -0.4 is 10.6 Å². The van der Waals surface area contributed by atoms with Crippen LogP contribution in [0.3, 0.4) is 0 Å². The van der Waals surface area contributed by atoms with E-state index in [-0.39, 0.29) is 6.42 Å². The molecule has 2 atom stereocenters. The predicted octanol–water partition coefficient (Wildman–Crippen LogP) is -0.791. The Kier molecular flexibility index (Phi) is 4.23. The monoisotopic (exact) mass is 292 g/mol. The summed E-state index contributed by atoms with van der Waals surface area (Å²) in [6.45, 7) is -0.594. The van der Waals surface area contributed by atoms with Gasteiger partial charge in [0.15, 0.2) is 5.54 Å². The van der Waals surface area contributed by atoms with E-state index >= 15 is 0 Å². The molecule has 1 aliphatic rings. The van der Waals surface area contributed by atoms with E-state index in [2.05, 4.69) is 15.4 Å². The van der Waals surface area contributed by atoms with Crippen molar-refractivity contribution < 1.29 is 24.2 Å². The molecule has 0 bridgehead atoms. The molecule has 0 spiro atoms. The van der Waals surface area contributed by atoms with E-state index in [1.807, 2.05) is 0 Å². The second-order valence-electron chi connectivity index (χ2n) is 4.82. The number of nitrogens with one attached hydrogen (secondary N) is 2. The van der Waals surface area contributed by atoms with Gasteiger partial charge in [0, 0.05) is 12.0 Å². The summed E-state index contributed by atoms with van der Waals surface area (Å²) in [5.74, 6) is -1.69. The van der Waals surface area contributed by atoms with Gasteiger partial charge in [0.05, 0.1) is 13.7 Å². The van der Waals surface area contributed by atoms with Crippen molar-refractivity contribution in [3.05, 3.63) is 35.9 Å². The number of rotatable bonds is 4. The van der Waals surface area contributed by atoms with Crippen LogP contribution in [0.2, 0.25) is 0 Å². The zero-order valence-electron chi connectivity index (χ0n) is 11.5. The molecular formula is C14H16N2O5. The van der Waals surface area contributed by atoms with Crippen molar-refractivity contribution in [3.8, 4) is 0 Å². The normalized spacial score (nSPS) is 24.3. The summed E-state index contributed by atoms with van der Waals surface area (Å²) in [6, 6.07) is 7.51. The number of hydrogen-bond donors (Lipinski definition) is 3. The predicted molar refractivity (Wildman–Crippen MR) is 72.3 cm³/mol. The molecule has 1 saturated heterocycles. The number of ether oxygens (including phenoxy) is 1. The van der Waals surface area contributed by atoms with Gasteiger partial charge in [-0.15, -0.1) is 0 Å². The van der Waals surface area contributed by atoms with Crippen LogP contribution >= 0.6 is 0 Å². The SMILES string of the molecule is COC(=O)[C@@]1(CO)C[C@H](NC(=O)c2ccccc2)C(=O)N1. The Morgan fingerprint density at radius 3 is 2.67 bits per heavy atom. The van der Waals surface area contributed by atoms with Gasteiger partial charge in [-0.05, 0) is 12.1 Å². The molecule has 0 aliphatic carbocycles. The molecule has 1 heterocycles. The lowest BCUT2D eigenvalue weighted by Gasteiger charge is -2.23. The summed E-state index contributed by atoms with van der Waals surface area (Å²) in [5, 5.41) is 14.3. The summed E-state index contributed by atoms with van der Waals surface area (Å²) in [4.78, 5) is 35.6. The van der Waals surface area contributed by atoms with Gasteiger partial charge in [-0.3, -0.25) is 9.59 Å². The average molecular weight is 292 g/mol. The first kappa shape index (κ1) is 15.0. The lowest BCUT2D eigenvalue weighted by molar-refractivity contribution is -0.150. The first-order valence-corrected chi connectivity index (χ1v) is 6.39. The first-order valence-electron chi connectivity index (χ1n) is 6.39. The number of aliphatic hydroxyl groups excluding tert-OH is 1. The number of benzene rings is 1. The summed E-state index contributed by atoms with van der Waals surface area (Å²) in [6.07, 6.45) is -0.0619. The number of esters is 1.